The fraction of sp³-hybridized carbons (Fsp3) is 0.261. The van der Waals surface area contributed by atoms with E-state index in [0.29, 0.717) is 36.0 Å². The first-order chi connectivity index (χ1) is 15.5. The van der Waals surface area contributed by atoms with Gasteiger partial charge in [-0.3, -0.25) is 9.69 Å². The molecule has 2 amide bonds. The van der Waals surface area contributed by atoms with Gasteiger partial charge >= 0.3 is 6.09 Å². The first-order valence-electron chi connectivity index (χ1n) is 10.3. The van der Waals surface area contributed by atoms with Crippen molar-refractivity contribution in [3.8, 4) is 22.7 Å². The third kappa shape index (κ3) is 3.78. The van der Waals surface area contributed by atoms with E-state index in [1.165, 1.54) is 6.92 Å². The number of halogens is 1. The van der Waals surface area contributed by atoms with Gasteiger partial charge in [0.25, 0.3) is 0 Å². The first kappa shape index (κ1) is 20.4. The second kappa shape index (κ2) is 8.20. The number of aromatic nitrogens is 2. The highest BCUT2D eigenvalue weighted by atomic mass is 35.5. The minimum atomic E-state index is -0.446. The third-order valence-electron chi connectivity index (χ3n) is 5.51. The summed E-state index contributed by atoms with van der Waals surface area (Å²) < 4.78 is 13.3. The Morgan fingerprint density at radius 2 is 2.12 bits per heavy atom. The Bertz CT molecular complexity index is 1210. The molecular weight excluding hydrogens is 432 g/mol. The zero-order valence-electron chi connectivity index (χ0n) is 17.4. The summed E-state index contributed by atoms with van der Waals surface area (Å²) in [5.41, 5.74) is 4.45. The molecule has 2 aromatic carbocycles. The van der Waals surface area contributed by atoms with Gasteiger partial charge in [-0.1, -0.05) is 17.7 Å². The second-order valence-corrected chi connectivity index (χ2v) is 8.18. The van der Waals surface area contributed by atoms with E-state index in [4.69, 9.17) is 21.1 Å². The van der Waals surface area contributed by atoms with Crippen molar-refractivity contribution in [3.63, 3.8) is 0 Å². The number of carbonyl (C=O) groups is 2. The Morgan fingerprint density at radius 3 is 2.94 bits per heavy atom. The minimum absolute atomic E-state index is 0.162. The Balaban J connectivity index is 1.48. The van der Waals surface area contributed by atoms with E-state index in [9.17, 15) is 9.59 Å². The van der Waals surface area contributed by atoms with Crippen LogP contribution >= 0.6 is 11.6 Å². The number of cyclic esters (lactones) is 1. The van der Waals surface area contributed by atoms with Crippen LogP contribution in [0, 0.1) is 0 Å². The minimum Gasteiger partial charge on any atom is -0.492 e. The predicted molar refractivity (Wildman–Crippen MR) is 120 cm³/mol. The third-order valence-corrected chi connectivity index (χ3v) is 5.75. The number of rotatable bonds is 4. The Hall–Kier alpha value is -3.52. The van der Waals surface area contributed by atoms with Gasteiger partial charge < -0.3 is 14.8 Å². The largest absolute Gasteiger partial charge is 0.492 e. The van der Waals surface area contributed by atoms with Crippen LogP contribution in [0.15, 0.2) is 48.7 Å². The number of hydrogen-bond acceptors (Lipinski definition) is 5. The molecule has 1 unspecified atom stereocenters. The summed E-state index contributed by atoms with van der Waals surface area (Å²) >= 11 is 6.20. The fourth-order valence-electron chi connectivity index (χ4n) is 4.02. The summed E-state index contributed by atoms with van der Waals surface area (Å²) in [5, 5.41) is 7.91. The molecule has 0 radical (unpaired) electrons. The predicted octanol–water partition coefficient (Wildman–Crippen LogP) is 3.59. The molecule has 32 heavy (non-hydrogen) atoms. The lowest BCUT2D eigenvalue weighted by Gasteiger charge is -2.17. The summed E-state index contributed by atoms with van der Waals surface area (Å²) in [6.45, 7) is 2.56. The molecule has 8 nitrogen and oxygen atoms in total. The summed E-state index contributed by atoms with van der Waals surface area (Å²) in [7, 11) is 0. The molecule has 3 heterocycles. The quantitative estimate of drug-likeness (QED) is 0.653. The lowest BCUT2D eigenvalue weighted by atomic mass is 10.0. The number of carbonyl (C=O) groups excluding carboxylic acids is 2. The van der Waals surface area contributed by atoms with Crippen LogP contribution in [-0.4, -0.2) is 47.6 Å². The van der Waals surface area contributed by atoms with Crippen LogP contribution in [0.3, 0.4) is 0 Å². The van der Waals surface area contributed by atoms with Gasteiger partial charge in [0.05, 0.1) is 43.0 Å². The molecule has 0 saturated carbocycles. The molecule has 2 aliphatic heterocycles. The van der Waals surface area contributed by atoms with Gasteiger partial charge in [-0.05, 0) is 30.3 Å². The lowest BCUT2D eigenvalue weighted by molar-refractivity contribution is -0.119. The SMILES string of the molecule is CC(=O)NCC1CN(c2ccc3c(c2)OCCc2cnn(-c4cccc(Cl)c4)c2-3)C(=O)O1. The van der Waals surface area contributed by atoms with Crippen molar-refractivity contribution in [3.05, 3.63) is 59.2 Å². The normalized spacial score (nSPS) is 17.1. The molecule has 3 aromatic rings. The van der Waals surface area contributed by atoms with E-state index in [2.05, 4.69) is 10.4 Å². The standard InChI is InChI=1S/C23H21ClN4O4/c1-14(29)25-12-19-13-27(23(30)32-19)17-5-6-20-21(10-17)31-8-7-15-11-26-28(22(15)20)18-4-2-3-16(24)9-18/h2-6,9-11,19H,7-8,12-13H2,1H3,(H,25,29). The maximum absolute atomic E-state index is 12.4. The molecule has 5 rings (SSSR count). The Morgan fingerprint density at radius 1 is 1.25 bits per heavy atom. The molecule has 1 fully saturated rings. The van der Waals surface area contributed by atoms with Crippen molar-refractivity contribution in [1.82, 2.24) is 15.1 Å². The molecule has 9 heteroatoms. The molecule has 1 N–H and O–H groups in total. The summed E-state index contributed by atoms with van der Waals surface area (Å²) in [6.07, 6.45) is 1.72. The number of benzene rings is 2. The highest BCUT2D eigenvalue weighted by Crippen LogP contribution is 2.39. The van der Waals surface area contributed by atoms with E-state index in [0.717, 1.165) is 22.5 Å². The Labute approximate surface area is 189 Å². The van der Waals surface area contributed by atoms with Gasteiger partial charge in [0.2, 0.25) is 5.91 Å². The van der Waals surface area contributed by atoms with Crippen LogP contribution in [0.1, 0.15) is 12.5 Å². The smallest absolute Gasteiger partial charge is 0.414 e. The van der Waals surface area contributed by atoms with Crippen molar-refractivity contribution in [2.24, 2.45) is 0 Å². The van der Waals surface area contributed by atoms with Gasteiger partial charge in [-0.15, -0.1) is 0 Å². The number of anilines is 1. The van der Waals surface area contributed by atoms with Crippen LogP contribution in [0.25, 0.3) is 16.9 Å². The topological polar surface area (TPSA) is 85.7 Å². The van der Waals surface area contributed by atoms with Crippen LogP contribution in [-0.2, 0) is 16.0 Å². The maximum atomic E-state index is 12.4. The maximum Gasteiger partial charge on any atom is 0.414 e. The molecule has 0 aliphatic carbocycles. The van der Waals surface area contributed by atoms with E-state index >= 15 is 0 Å². The number of hydrogen-bond donors (Lipinski definition) is 1. The molecule has 164 valence electrons. The van der Waals surface area contributed by atoms with Crippen molar-refractivity contribution >= 4 is 29.3 Å². The van der Waals surface area contributed by atoms with Gasteiger partial charge in [-0.25, -0.2) is 9.48 Å². The van der Waals surface area contributed by atoms with Crippen molar-refractivity contribution < 1.29 is 19.1 Å². The number of amides is 2. The van der Waals surface area contributed by atoms with Gasteiger partial charge in [-0.2, -0.15) is 5.10 Å². The Kier molecular flexibility index (Phi) is 5.22. The molecule has 1 aromatic heterocycles. The van der Waals surface area contributed by atoms with E-state index in [1.807, 2.05) is 53.3 Å². The average Bonchev–Trinajstić information content (AvgIpc) is 3.31. The number of fused-ring (bicyclic) bond motifs is 3. The number of nitrogens with zero attached hydrogens (tertiary/aromatic N) is 3. The summed E-state index contributed by atoms with van der Waals surface area (Å²) in [6, 6.07) is 13.2. The zero-order valence-corrected chi connectivity index (χ0v) is 18.1. The van der Waals surface area contributed by atoms with Crippen molar-refractivity contribution in [2.45, 2.75) is 19.4 Å². The van der Waals surface area contributed by atoms with E-state index in [-0.39, 0.29) is 12.5 Å². The van der Waals surface area contributed by atoms with Crippen molar-refractivity contribution in [1.29, 1.82) is 0 Å². The monoisotopic (exact) mass is 452 g/mol. The second-order valence-electron chi connectivity index (χ2n) is 7.74. The van der Waals surface area contributed by atoms with Gasteiger partial charge in [0.1, 0.15) is 11.9 Å². The van der Waals surface area contributed by atoms with Crippen LogP contribution in [0.5, 0.6) is 5.75 Å². The van der Waals surface area contributed by atoms with Crippen molar-refractivity contribution in [2.75, 3.05) is 24.6 Å². The zero-order chi connectivity index (χ0) is 22.2. The van der Waals surface area contributed by atoms with Crippen LogP contribution in [0.2, 0.25) is 5.02 Å². The lowest BCUT2D eigenvalue weighted by Crippen LogP contribution is -2.33. The van der Waals surface area contributed by atoms with E-state index in [1.54, 1.807) is 4.90 Å². The summed E-state index contributed by atoms with van der Waals surface area (Å²) in [4.78, 5) is 25.1. The molecule has 2 aliphatic rings. The fourth-order valence-corrected chi connectivity index (χ4v) is 4.20. The number of ether oxygens (including phenoxy) is 2. The first-order valence-corrected chi connectivity index (χ1v) is 10.7. The molecule has 0 spiro atoms. The molecule has 1 saturated heterocycles. The average molecular weight is 453 g/mol. The van der Waals surface area contributed by atoms with E-state index < -0.39 is 12.2 Å². The van der Waals surface area contributed by atoms with Gasteiger partial charge in [0, 0.05) is 35.6 Å². The van der Waals surface area contributed by atoms with Crippen LogP contribution in [0.4, 0.5) is 10.5 Å². The molecule has 1 atom stereocenters. The summed E-state index contributed by atoms with van der Waals surface area (Å²) in [5.74, 6) is 0.508. The highest BCUT2D eigenvalue weighted by molar-refractivity contribution is 6.30. The molecular formula is C23H21ClN4O4. The highest BCUT2D eigenvalue weighted by Gasteiger charge is 2.33. The van der Waals surface area contributed by atoms with Gasteiger partial charge in [0.15, 0.2) is 0 Å². The molecule has 0 bridgehead atoms. The van der Waals surface area contributed by atoms with Crippen LogP contribution < -0.4 is 15.0 Å². The number of nitrogens with one attached hydrogen (secondary N) is 1.